The molecule has 0 fully saturated rings. The van der Waals surface area contributed by atoms with E-state index in [9.17, 15) is 14.7 Å². The van der Waals surface area contributed by atoms with Gasteiger partial charge in [0, 0.05) is 47.2 Å². The number of rotatable bonds is 11. The number of carboxylic acid groups (broad SMARTS) is 1. The lowest BCUT2D eigenvalue weighted by Crippen LogP contribution is -2.44. The number of hydrogen-bond acceptors (Lipinski definition) is 4. The number of amides is 1. The van der Waals surface area contributed by atoms with Crippen LogP contribution >= 0.6 is 11.6 Å². The van der Waals surface area contributed by atoms with E-state index < -0.39 is 17.7 Å². The predicted octanol–water partition coefficient (Wildman–Crippen LogP) is 5.84. The highest BCUT2D eigenvalue weighted by atomic mass is 35.5. The van der Waals surface area contributed by atoms with Crippen LogP contribution in [0.25, 0.3) is 10.9 Å². The first kappa shape index (κ1) is 26.6. The first-order chi connectivity index (χ1) is 16.6. The maximum absolute atomic E-state index is 12.3. The normalized spacial score (nSPS) is 13.4. The summed E-state index contributed by atoms with van der Waals surface area (Å²) in [6.07, 6.45) is 3.39. The van der Waals surface area contributed by atoms with E-state index >= 15 is 0 Å². The average molecular weight is 500 g/mol. The van der Waals surface area contributed by atoms with Gasteiger partial charge in [0.2, 0.25) is 0 Å². The minimum Gasteiger partial charge on any atom is -0.481 e. The lowest BCUT2D eigenvalue weighted by atomic mass is 9.98. The molecule has 1 heterocycles. The molecule has 1 aromatic heterocycles. The third-order valence-electron chi connectivity index (χ3n) is 5.67. The van der Waals surface area contributed by atoms with E-state index in [4.69, 9.17) is 16.3 Å². The van der Waals surface area contributed by atoms with Gasteiger partial charge in [-0.2, -0.15) is 0 Å². The van der Waals surface area contributed by atoms with E-state index in [-0.39, 0.29) is 18.5 Å². The van der Waals surface area contributed by atoms with Crippen LogP contribution < -0.4 is 10.6 Å². The fourth-order valence-corrected chi connectivity index (χ4v) is 4.15. The summed E-state index contributed by atoms with van der Waals surface area (Å²) >= 11 is 6.02. The third kappa shape index (κ3) is 8.60. The number of ether oxygens (including phenoxy) is 1. The van der Waals surface area contributed by atoms with Gasteiger partial charge in [-0.15, -0.1) is 0 Å². The number of carbonyl (C=O) groups excluding carboxylic acids is 1. The monoisotopic (exact) mass is 499 g/mol. The van der Waals surface area contributed by atoms with Gasteiger partial charge >= 0.3 is 12.1 Å². The van der Waals surface area contributed by atoms with Crippen molar-refractivity contribution in [3.63, 3.8) is 0 Å². The Hall–Kier alpha value is -3.03. The lowest BCUT2D eigenvalue weighted by Gasteiger charge is -2.27. The number of carboxylic acids is 1. The molecule has 0 spiro atoms. The molecule has 0 aliphatic rings. The Labute approximate surface area is 211 Å². The molecule has 0 radical (unpaired) electrons. The van der Waals surface area contributed by atoms with Crippen molar-refractivity contribution in [1.29, 1.82) is 0 Å². The number of para-hydroxylation sites is 1. The molecule has 3 aromatic rings. The van der Waals surface area contributed by atoms with Gasteiger partial charge in [0.1, 0.15) is 5.60 Å². The molecule has 7 nitrogen and oxygen atoms in total. The van der Waals surface area contributed by atoms with E-state index in [1.165, 1.54) is 0 Å². The van der Waals surface area contributed by atoms with Crippen LogP contribution in [0.2, 0.25) is 5.02 Å². The molecule has 0 bridgehead atoms. The number of H-pyrrole nitrogens is 1. The van der Waals surface area contributed by atoms with E-state index in [1.54, 1.807) is 0 Å². The fraction of sp³-hybridized carbons (Fsp3) is 0.407. The molecule has 1 amide bonds. The van der Waals surface area contributed by atoms with Crippen LogP contribution in [-0.2, 0) is 16.0 Å². The van der Waals surface area contributed by atoms with Crippen molar-refractivity contribution in [2.24, 2.45) is 0 Å². The SMILES string of the molecule is CC(C)(C)OC(=O)NCC(CCc1ccc(Cl)cc1)N[C@H](CCC(=O)O)c1c[nH]c2ccccc12. The first-order valence-electron chi connectivity index (χ1n) is 11.9. The number of aliphatic carboxylic acids is 1. The standard InChI is InChI=1S/C27H34ClN3O4/c1-27(2,3)35-26(34)30-16-20(13-10-18-8-11-19(28)12-9-18)31-24(14-15-25(32)33)22-17-29-23-7-5-4-6-21(22)23/h4-9,11-12,17,20,24,29,31H,10,13-16H2,1-3H3,(H,30,34)(H,32,33)/t20?,24-/m1/s1. The van der Waals surface area contributed by atoms with Crippen LogP contribution in [0.4, 0.5) is 4.79 Å². The van der Waals surface area contributed by atoms with Crippen molar-refractivity contribution < 1.29 is 19.4 Å². The van der Waals surface area contributed by atoms with Crippen molar-refractivity contribution in [2.45, 2.75) is 64.1 Å². The summed E-state index contributed by atoms with van der Waals surface area (Å²) in [5.74, 6) is -0.846. The smallest absolute Gasteiger partial charge is 0.407 e. The summed E-state index contributed by atoms with van der Waals surface area (Å²) in [6, 6.07) is 15.3. The summed E-state index contributed by atoms with van der Waals surface area (Å²) in [5.41, 5.74) is 2.54. The molecular formula is C27H34ClN3O4. The second-order valence-electron chi connectivity index (χ2n) is 9.69. The van der Waals surface area contributed by atoms with Crippen LogP contribution in [0.15, 0.2) is 54.7 Å². The molecule has 0 aliphatic carbocycles. The molecule has 3 rings (SSSR count). The number of carbonyl (C=O) groups is 2. The number of aryl methyl sites for hydroxylation is 1. The Morgan fingerprint density at radius 3 is 2.49 bits per heavy atom. The highest BCUT2D eigenvalue weighted by molar-refractivity contribution is 6.30. The van der Waals surface area contributed by atoms with Crippen molar-refractivity contribution >= 4 is 34.6 Å². The predicted molar refractivity (Wildman–Crippen MR) is 139 cm³/mol. The van der Waals surface area contributed by atoms with Gasteiger partial charge in [-0.25, -0.2) is 4.79 Å². The number of aromatic nitrogens is 1. The number of aromatic amines is 1. The van der Waals surface area contributed by atoms with E-state index in [2.05, 4.69) is 15.6 Å². The molecule has 0 saturated heterocycles. The Morgan fingerprint density at radius 2 is 1.80 bits per heavy atom. The number of benzene rings is 2. The molecule has 8 heteroatoms. The minimum atomic E-state index is -0.846. The number of halogens is 1. The summed E-state index contributed by atoms with van der Waals surface area (Å²) < 4.78 is 5.40. The summed E-state index contributed by atoms with van der Waals surface area (Å²) in [7, 11) is 0. The van der Waals surface area contributed by atoms with Gasteiger partial charge < -0.3 is 25.5 Å². The first-order valence-corrected chi connectivity index (χ1v) is 12.2. The van der Waals surface area contributed by atoms with Crippen LogP contribution in [0, 0.1) is 0 Å². The van der Waals surface area contributed by atoms with Gasteiger partial charge in [-0.1, -0.05) is 41.9 Å². The Balaban J connectivity index is 1.79. The van der Waals surface area contributed by atoms with Gasteiger partial charge in [-0.3, -0.25) is 4.79 Å². The molecule has 2 atom stereocenters. The highest BCUT2D eigenvalue weighted by Crippen LogP contribution is 2.28. The van der Waals surface area contributed by atoms with Gasteiger partial charge in [-0.05, 0) is 69.4 Å². The zero-order valence-corrected chi connectivity index (χ0v) is 21.2. The number of fused-ring (bicyclic) bond motifs is 1. The molecule has 4 N–H and O–H groups in total. The van der Waals surface area contributed by atoms with Crippen molar-refractivity contribution in [3.05, 3.63) is 70.9 Å². The quantitative estimate of drug-likeness (QED) is 0.265. The number of alkyl carbamates (subject to hydrolysis) is 1. The van der Waals surface area contributed by atoms with E-state index in [1.807, 2.05) is 75.5 Å². The second-order valence-corrected chi connectivity index (χ2v) is 10.1. The Kier molecular flexibility index (Phi) is 9.18. The molecule has 0 aliphatic heterocycles. The van der Waals surface area contributed by atoms with E-state index in [0.29, 0.717) is 18.0 Å². The molecular weight excluding hydrogens is 466 g/mol. The number of hydrogen-bond donors (Lipinski definition) is 4. The van der Waals surface area contributed by atoms with Crippen LogP contribution in [0.1, 0.15) is 57.2 Å². The molecule has 35 heavy (non-hydrogen) atoms. The third-order valence-corrected chi connectivity index (χ3v) is 5.92. The minimum absolute atomic E-state index is 0.0283. The van der Waals surface area contributed by atoms with Crippen molar-refractivity contribution in [3.8, 4) is 0 Å². The van der Waals surface area contributed by atoms with Crippen LogP contribution in [0.5, 0.6) is 0 Å². The van der Waals surface area contributed by atoms with Crippen LogP contribution in [0.3, 0.4) is 0 Å². The summed E-state index contributed by atoms with van der Waals surface area (Å²) in [5, 5.41) is 17.6. The number of nitrogens with one attached hydrogen (secondary N) is 3. The fourth-order valence-electron chi connectivity index (χ4n) is 4.02. The van der Waals surface area contributed by atoms with Crippen molar-refractivity contribution in [2.75, 3.05) is 6.54 Å². The molecule has 0 saturated carbocycles. The molecule has 2 aromatic carbocycles. The van der Waals surface area contributed by atoms with Gasteiger partial charge in [0.05, 0.1) is 0 Å². The maximum Gasteiger partial charge on any atom is 0.407 e. The maximum atomic E-state index is 12.3. The summed E-state index contributed by atoms with van der Waals surface area (Å²) in [6.45, 7) is 5.81. The Morgan fingerprint density at radius 1 is 1.09 bits per heavy atom. The second kappa shape index (κ2) is 12.1. The molecule has 1 unspecified atom stereocenters. The zero-order chi connectivity index (χ0) is 25.4. The topological polar surface area (TPSA) is 103 Å². The summed E-state index contributed by atoms with van der Waals surface area (Å²) in [4.78, 5) is 27.0. The van der Waals surface area contributed by atoms with Gasteiger partial charge in [0.15, 0.2) is 0 Å². The molecule has 188 valence electrons. The highest BCUT2D eigenvalue weighted by Gasteiger charge is 2.23. The van der Waals surface area contributed by atoms with Crippen LogP contribution in [-0.4, -0.2) is 40.3 Å². The lowest BCUT2D eigenvalue weighted by molar-refractivity contribution is -0.137. The zero-order valence-electron chi connectivity index (χ0n) is 20.4. The Bertz CT molecular complexity index is 1120. The van der Waals surface area contributed by atoms with Gasteiger partial charge in [0.25, 0.3) is 0 Å². The van der Waals surface area contributed by atoms with E-state index in [0.717, 1.165) is 34.9 Å². The largest absolute Gasteiger partial charge is 0.481 e. The van der Waals surface area contributed by atoms with Crippen molar-refractivity contribution in [1.82, 2.24) is 15.6 Å². The average Bonchev–Trinajstić information content (AvgIpc) is 3.22.